The van der Waals surface area contributed by atoms with E-state index >= 15 is 0 Å². The summed E-state index contributed by atoms with van der Waals surface area (Å²) in [4.78, 5) is 23.8. The molecule has 0 unspecified atom stereocenters. The molecule has 0 aliphatic carbocycles. The van der Waals surface area contributed by atoms with Gasteiger partial charge in [-0.1, -0.05) is 13.8 Å². The molecule has 6 N–H and O–H groups in total. The van der Waals surface area contributed by atoms with Crippen LogP contribution in [0.15, 0.2) is 12.1 Å². The van der Waals surface area contributed by atoms with Crippen molar-refractivity contribution in [3.63, 3.8) is 0 Å². The number of hydrogen-bond acceptors (Lipinski definition) is 4. The highest BCUT2D eigenvalue weighted by atomic mass is 19.1. The van der Waals surface area contributed by atoms with Crippen molar-refractivity contribution in [2.45, 2.75) is 13.8 Å². The van der Waals surface area contributed by atoms with Gasteiger partial charge in [-0.25, -0.2) is 4.39 Å². The maximum atomic E-state index is 14.0. The summed E-state index contributed by atoms with van der Waals surface area (Å²) in [5, 5.41) is 0. The van der Waals surface area contributed by atoms with Gasteiger partial charge in [0.05, 0.1) is 17.8 Å². The summed E-state index contributed by atoms with van der Waals surface area (Å²) in [6.07, 6.45) is 0. The molecule has 0 aliphatic rings. The van der Waals surface area contributed by atoms with Gasteiger partial charge in [0.2, 0.25) is 5.91 Å². The number of nitrogen functional groups attached to an aromatic ring is 1. The van der Waals surface area contributed by atoms with Crippen molar-refractivity contribution in [3.05, 3.63) is 23.5 Å². The van der Waals surface area contributed by atoms with Crippen LogP contribution in [0.2, 0.25) is 0 Å². The molecule has 1 aromatic rings. The first-order chi connectivity index (χ1) is 9.22. The van der Waals surface area contributed by atoms with Crippen molar-refractivity contribution >= 4 is 23.2 Å². The van der Waals surface area contributed by atoms with E-state index in [2.05, 4.69) is 0 Å². The molecule has 110 valence electrons. The van der Waals surface area contributed by atoms with Crippen molar-refractivity contribution in [1.29, 1.82) is 0 Å². The molecular formula is C13H19FN4O2. The van der Waals surface area contributed by atoms with E-state index in [4.69, 9.17) is 17.2 Å². The van der Waals surface area contributed by atoms with E-state index in [-0.39, 0.29) is 29.4 Å². The number of nitrogens with zero attached hydrogens (tertiary/aromatic N) is 1. The van der Waals surface area contributed by atoms with Gasteiger partial charge in [-0.3, -0.25) is 9.59 Å². The van der Waals surface area contributed by atoms with Crippen LogP contribution in [0.25, 0.3) is 0 Å². The summed E-state index contributed by atoms with van der Waals surface area (Å²) in [6.45, 7) is 4.08. The lowest BCUT2D eigenvalue weighted by Crippen LogP contribution is -2.37. The van der Waals surface area contributed by atoms with Crippen LogP contribution in [0, 0.1) is 11.7 Å². The van der Waals surface area contributed by atoms with Gasteiger partial charge in [0.25, 0.3) is 5.91 Å². The maximum absolute atomic E-state index is 14.0. The van der Waals surface area contributed by atoms with Gasteiger partial charge in [0.15, 0.2) is 0 Å². The molecule has 6 nitrogen and oxygen atoms in total. The Kier molecular flexibility index (Phi) is 4.90. The Morgan fingerprint density at radius 2 is 1.90 bits per heavy atom. The number of halogens is 1. The van der Waals surface area contributed by atoms with Gasteiger partial charge in [-0.05, 0) is 18.1 Å². The lowest BCUT2D eigenvalue weighted by atomic mass is 10.1. The normalized spacial score (nSPS) is 10.6. The SMILES string of the molecule is CC(C)CN(CC(N)=O)c1cc(C(N)=O)c(N)cc1F. The Bertz CT molecular complexity index is 531. The lowest BCUT2D eigenvalue weighted by molar-refractivity contribution is -0.116. The zero-order valence-electron chi connectivity index (χ0n) is 11.5. The molecule has 0 aliphatic heterocycles. The van der Waals surface area contributed by atoms with E-state index in [1.165, 1.54) is 11.0 Å². The number of amides is 2. The number of carbonyl (C=O) groups excluding carboxylic acids is 2. The van der Waals surface area contributed by atoms with Gasteiger partial charge >= 0.3 is 0 Å². The van der Waals surface area contributed by atoms with E-state index in [9.17, 15) is 14.0 Å². The molecule has 0 fully saturated rings. The topological polar surface area (TPSA) is 115 Å². The summed E-state index contributed by atoms with van der Waals surface area (Å²) >= 11 is 0. The third kappa shape index (κ3) is 3.84. The van der Waals surface area contributed by atoms with Crippen LogP contribution < -0.4 is 22.1 Å². The Labute approximate surface area is 116 Å². The number of primary amides is 2. The van der Waals surface area contributed by atoms with E-state index in [0.717, 1.165) is 6.07 Å². The number of carbonyl (C=O) groups is 2. The zero-order chi connectivity index (χ0) is 15.4. The Balaban J connectivity index is 3.27. The zero-order valence-corrected chi connectivity index (χ0v) is 11.5. The van der Waals surface area contributed by atoms with Gasteiger partial charge in [0.1, 0.15) is 5.82 Å². The fourth-order valence-corrected chi connectivity index (χ4v) is 1.91. The lowest BCUT2D eigenvalue weighted by Gasteiger charge is -2.26. The quantitative estimate of drug-likeness (QED) is 0.657. The largest absolute Gasteiger partial charge is 0.398 e. The maximum Gasteiger partial charge on any atom is 0.250 e. The van der Waals surface area contributed by atoms with Crippen molar-refractivity contribution in [3.8, 4) is 0 Å². The molecule has 0 atom stereocenters. The molecule has 7 heteroatoms. The monoisotopic (exact) mass is 282 g/mol. The molecule has 0 radical (unpaired) electrons. The Morgan fingerprint density at radius 1 is 1.30 bits per heavy atom. The minimum absolute atomic E-state index is 0.0135. The summed E-state index contributed by atoms with van der Waals surface area (Å²) in [7, 11) is 0. The molecular weight excluding hydrogens is 263 g/mol. The van der Waals surface area contributed by atoms with Crippen LogP contribution in [-0.4, -0.2) is 24.9 Å². The molecule has 0 saturated carbocycles. The van der Waals surface area contributed by atoms with E-state index < -0.39 is 17.6 Å². The summed E-state index contributed by atoms with van der Waals surface area (Å²) in [5.74, 6) is -1.81. The van der Waals surface area contributed by atoms with Crippen LogP contribution in [0.5, 0.6) is 0 Å². The van der Waals surface area contributed by atoms with Crippen LogP contribution in [-0.2, 0) is 4.79 Å². The number of nitrogens with two attached hydrogens (primary N) is 3. The first-order valence-electron chi connectivity index (χ1n) is 6.14. The predicted molar refractivity (Wildman–Crippen MR) is 75.6 cm³/mol. The first kappa shape index (κ1) is 15.7. The molecule has 1 rings (SSSR count). The van der Waals surface area contributed by atoms with Gasteiger partial charge < -0.3 is 22.1 Å². The van der Waals surface area contributed by atoms with Gasteiger partial charge in [-0.15, -0.1) is 0 Å². The minimum atomic E-state index is -0.757. The average molecular weight is 282 g/mol. The number of benzene rings is 1. The summed E-state index contributed by atoms with van der Waals surface area (Å²) < 4.78 is 14.0. The average Bonchev–Trinajstić information content (AvgIpc) is 2.26. The molecule has 0 aromatic heterocycles. The predicted octanol–water partition coefficient (Wildman–Crippen LogP) is 0.455. The number of hydrogen-bond donors (Lipinski definition) is 3. The highest BCUT2D eigenvalue weighted by molar-refractivity contribution is 5.99. The first-order valence-corrected chi connectivity index (χ1v) is 6.14. The number of rotatable bonds is 6. The van der Waals surface area contributed by atoms with Crippen molar-refractivity contribution in [1.82, 2.24) is 0 Å². The fourth-order valence-electron chi connectivity index (χ4n) is 1.91. The van der Waals surface area contributed by atoms with Crippen LogP contribution in [0.3, 0.4) is 0 Å². The second-order valence-electron chi connectivity index (χ2n) is 5.00. The van der Waals surface area contributed by atoms with E-state index in [1.807, 2.05) is 13.8 Å². The number of anilines is 2. The molecule has 1 aromatic carbocycles. The molecule has 0 heterocycles. The Morgan fingerprint density at radius 3 is 2.35 bits per heavy atom. The summed E-state index contributed by atoms with van der Waals surface area (Å²) in [6, 6.07) is 2.27. The second kappa shape index (κ2) is 6.23. The van der Waals surface area contributed by atoms with Crippen molar-refractivity contribution in [2.24, 2.45) is 17.4 Å². The van der Waals surface area contributed by atoms with Crippen molar-refractivity contribution < 1.29 is 14.0 Å². The molecule has 0 spiro atoms. The van der Waals surface area contributed by atoms with Gasteiger partial charge in [0, 0.05) is 12.2 Å². The highest BCUT2D eigenvalue weighted by Crippen LogP contribution is 2.26. The molecule has 0 saturated heterocycles. The van der Waals surface area contributed by atoms with E-state index in [1.54, 1.807) is 0 Å². The van der Waals surface area contributed by atoms with E-state index in [0.29, 0.717) is 6.54 Å². The third-order valence-corrected chi connectivity index (χ3v) is 2.66. The Hall–Kier alpha value is -2.31. The standard InChI is InChI=1S/C13H19FN4O2/c1-7(2)5-18(6-12(16)19)11-3-8(13(17)20)10(15)4-9(11)14/h3-4,7H,5-6,15H2,1-2H3,(H2,16,19)(H2,17,20). The minimum Gasteiger partial charge on any atom is -0.398 e. The van der Waals surface area contributed by atoms with Crippen molar-refractivity contribution in [2.75, 3.05) is 23.7 Å². The third-order valence-electron chi connectivity index (χ3n) is 2.66. The second-order valence-corrected chi connectivity index (χ2v) is 5.00. The summed E-state index contributed by atoms with van der Waals surface area (Å²) in [5.41, 5.74) is 16.0. The van der Waals surface area contributed by atoms with Crippen LogP contribution in [0.4, 0.5) is 15.8 Å². The molecule has 2 amide bonds. The smallest absolute Gasteiger partial charge is 0.250 e. The van der Waals surface area contributed by atoms with Gasteiger partial charge in [-0.2, -0.15) is 0 Å². The molecule has 0 bridgehead atoms. The van der Waals surface area contributed by atoms with Crippen LogP contribution >= 0.6 is 0 Å². The van der Waals surface area contributed by atoms with Crippen LogP contribution in [0.1, 0.15) is 24.2 Å². The highest BCUT2D eigenvalue weighted by Gasteiger charge is 2.19. The fraction of sp³-hybridized carbons (Fsp3) is 0.385. The molecule has 20 heavy (non-hydrogen) atoms.